The minimum absolute atomic E-state index is 0.169. The Morgan fingerprint density at radius 3 is 2.65 bits per heavy atom. The van der Waals surface area contributed by atoms with Crippen LogP contribution < -0.4 is 15.2 Å². The molecule has 1 aromatic rings. The Balaban J connectivity index is 2.92. The van der Waals surface area contributed by atoms with E-state index in [9.17, 15) is 8.42 Å². The lowest BCUT2D eigenvalue weighted by molar-refractivity contribution is 0.133. The highest BCUT2D eigenvalue weighted by Crippen LogP contribution is 2.22. The third kappa shape index (κ3) is 4.45. The van der Waals surface area contributed by atoms with Gasteiger partial charge in [0.15, 0.2) is 0 Å². The van der Waals surface area contributed by atoms with Gasteiger partial charge in [-0.3, -0.25) is 0 Å². The summed E-state index contributed by atoms with van der Waals surface area (Å²) in [6.45, 7) is 4.70. The van der Waals surface area contributed by atoms with E-state index in [0.29, 0.717) is 24.5 Å². The van der Waals surface area contributed by atoms with Crippen molar-refractivity contribution < 1.29 is 17.9 Å². The zero-order chi connectivity index (χ0) is 15.2. The molecule has 0 bridgehead atoms. The largest absolute Gasteiger partial charge is 0.496 e. The van der Waals surface area contributed by atoms with Gasteiger partial charge in [0.05, 0.1) is 18.6 Å². The van der Waals surface area contributed by atoms with Gasteiger partial charge in [-0.2, -0.15) is 0 Å². The SMILES string of the molecule is CCOCC(C)NS(=O)(=O)c1ccc(OC)c(CN)c1. The van der Waals surface area contributed by atoms with E-state index in [2.05, 4.69) is 4.72 Å². The van der Waals surface area contributed by atoms with Crippen molar-refractivity contribution in [1.29, 1.82) is 0 Å². The van der Waals surface area contributed by atoms with E-state index >= 15 is 0 Å². The molecule has 0 aliphatic carbocycles. The maximum atomic E-state index is 12.2. The summed E-state index contributed by atoms with van der Waals surface area (Å²) in [5.41, 5.74) is 6.24. The quantitative estimate of drug-likeness (QED) is 0.743. The fourth-order valence-corrected chi connectivity index (χ4v) is 3.02. The first-order chi connectivity index (χ1) is 9.44. The van der Waals surface area contributed by atoms with E-state index in [1.807, 2.05) is 6.92 Å². The van der Waals surface area contributed by atoms with Crippen LogP contribution in [0.15, 0.2) is 23.1 Å². The standard InChI is InChI=1S/C13H22N2O4S/c1-4-19-9-10(2)15-20(16,17)12-5-6-13(18-3)11(7-12)8-14/h5-7,10,15H,4,8-9,14H2,1-3H3. The molecule has 0 amide bonds. The minimum atomic E-state index is -3.59. The van der Waals surface area contributed by atoms with Gasteiger partial charge < -0.3 is 15.2 Å². The van der Waals surface area contributed by atoms with Gasteiger partial charge in [-0.25, -0.2) is 13.1 Å². The minimum Gasteiger partial charge on any atom is -0.496 e. The van der Waals surface area contributed by atoms with Crippen molar-refractivity contribution >= 4 is 10.0 Å². The van der Waals surface area contributed by atoms with Gasteiger partial charge in [0.2, 0.25) is 10.0 Å². The Kier molecular flexibility index (Phi) is 6.41. The van der Waals surface area contributed by atoms with Crippen molar-refractivity contribution in [1.82, 2.24) is 4.72 Å². The molecule has 1 aromatic carbocycles. The number of nitrogens with two attached hydrogens (primary N) is 1. The highest BCUT2D eigenvalue weighted by molar-refractivity contribution is 7.89. The molecular formula is C13H22N2O4S. The Bertz CT molecular complexity index is 531. The van der Waals surface area contributed by atoms with Crippen LogP contribution in [0.3, 0.4) is 0 Å². The van der Waals surface area contributed by atoms with Gasteiger partial charge in [0.1, 0.15) is 5.75 Å². The lowest BCUT2D eigenvalue weighted by Crippen LogP contribution is -2.35. The smallest absolute Gasteiger partial charge is 0.240 e. The highest BCUT2D eigenvalue weighted by Gasteiger charge is 2.18. The molecule has 1 atom stereocenters. The molecular weight excluding hydrogens is 280 g/mol. The van der Waals surface area contributed by atoms with Gasteiger partial charge in [-0.1, -0.05) is 0 Å². The normalized spacial score (nSPS) is 13.2. The van der Waals surface area contributed by atoms with E-state index in [0.717, 1.165) is 0 Å². The van der Waals surface area contributed by atoms with Crippen LogP contribution >= 0.6 is 0 Å². The number of rotatable bonds is 8. The van der Waals surface area contributed by atoms with Crippen molar-refractivity contribution in [3.05, 3.63) is 23.8 Å². The third-order valence-electron chi connectivity index (χ3n) is 2.71. The molecule has 3 N–H and O–H groups in total. The van der Waals surface area contributed by atoms with Gasteiger partial charge in [-0.15, -0.1) is 0 Å². The molecule has 114 valence electrons. The fraction of sp³-hybridized carbons (Fsp3) is 0.538. The number of methoxy groups -OCH3 is 1. The summed E-state index contributed by atoms with van der Waals surface area (Å²) < 4.78 is 37.3. The summed E-state index contributed by atoms with van der Waals surface area (Å²) >= 11 is 0. The molecule has 7 heteroatoms. The number of hydrogen-bond donors (Lipinski definition) is 2. The molecule has 0 aromatic heterocycles. The predicted octanol–water partition coefficient (Wildman–Crippen LogP) is 0.857. The summed E-state index contributed by atoms with van der Waals surface area (Å²) in [6.07, 6.45) is 0. The monoisotopic (exact) mass is 302 g/mol. The average Bonchev–Trinajstić information content (AvgIpc) is 2.43. The highest BCUT2D eigenvalue weighted by atomic mass is 32.2. The molecule has 0 heterocycles. The lowest BCUT2D eigenvalue weighted by Gasteiger charge is -2.15. The van der Waals surface area contributed by atoms with E-state index in [-0.39, 0.29) is 17.5 Å². The molecule has 0 saturated carbocycles. The first kappa shape index (κ1) is 16.9. The zero-order valence-corrected chi connectivity index (χ0v) is 12.9. The number of benzene rings is 1. The molecule has 0 aliphatic heterocycles. The topological polar surface area (TPSA) is 90.6 Å². The maximum Gasteiger partial charge on any atom is 0.240 e. The molecule has 6 nitrogen and oxygen atoms in total. The zero-order valence-electron chi connectivity index (χ0n) is 12.0. The Morgan fingerprint density at radius 2 is 2.10 bits per heavy atom. The van der Waals surface area contributed by atoms with Crippen LogP contribution in [0.1, 0.15) is 19.4 Å². The average molecular weight is 302 g/mol. The molecule has 0 spiro atoms. The summed E-state index contributed by atoms with van der Waals surface area (Å²) in [5.74, 6) is 0.578. The second-order valence-electron chi connectivity index (χ2n) is 4.36. The molecule has 20 heavy (non-hydrogen) atoms. The lowest BCUT2D eigenvalue weighted by atomic mass is 10.2. The van der Waals surface area contributed by atoms with Crippen LogP contribution in [0.4, 0.5) is 0 Å². The second kappa shape index (κ2) is 7.58. The first-order valence-electron chi connectivity index (χ1n) is 6.41. The van der Waals surface area contributed by atoms with E-state index in [1.54, 1.807) is 13.0 Å². The maximum absolute atomic E-state index is 12.2. The summed E-state index contributed by atoms with van der Waals surface area (Å²) in [6, 6.07) is 4.31. The van der Waals surface area contributed by atoms with Crippen LogP contribution in [-0.4, -0.2) is 34.8 Å². The van der Waals surface area contributed by atoms with Gasteiger partial charge >= 0.3 is 0 Å². The van der Waals surface area contributed by atoms with Crippen molar-refractivity contribution in [2.75, 3.05) is 20.3 Å². The Morgan fingerprint density at radius 1 is 1.40 bits per heavy atom. The van der Waals surface area contributed by atoms with Gasteiger partial charge in [0.25, 0.3) is 0 Å². The molecule has 1 rings (SSSR count). The van der Waals surface area contributed by atoms with E-state index in [1.165, 1.54) is 19.2 Å². The van der Waals surface area contributed by atoms with Crippen molar-refractivity contribution in [2.45, 2.75) is 31.3 Å². The number of nitrogens with one attached hydrogen (secondary N) is 1. The van der Waals surface area contributed by atoms with Gasteiger partial charge in [0, 0.05) is 24.8 Å². The van der Waals surface area contributed by atoms with E-state index in [4.69, 9.17) is 15.2 Å². The predicted molar refractivity (Wildman–Crippen MR) is 77.2 cm³/mol. The van der Waals surface area contributed by atoms with Crippen molar-refractivity contribution in [3.8, 4) is 5.75 Å². The number of sulfonamides is 1. The van der Waals surface area contributed by atoms with Crippen LogP contribution in [0, 0.1) is 0 Å². The Labute approximate surface area is 120 Å². The number of ether oxygens (including phenoxy) is 2. The van der Waals surface area contributed by atoms with Crippen LogP contribution in [0.5, 0.6) is 5.75 Å². The summed E-state index contributed by atoms with van der Waals surface area (Å²) in [5, 5.41) is 0. The summed E-state index contributed by atoms with van der Waals surface area (Å²) in [7, 11) is -2.07. The molecule has 1 unspecified atom stereocenters. The second-order valence-corrected chi connectivity index (χ2v) is 6.07. The van der Waals surface area contributed by atoms with Crippen molar-refractivity contribution in [2.24, 2.45) is 5.73 Å². The van der Waals surface area contributed by atoms with E-state index < -0.39 is 10.0 Å². The molecule has 0 radical (unpaired) electrons. The van der Waals surface area contributed by atoms with Crippen LogP contribution in [0.2, 0.25) is 0 Å². The van der Waals surface area contributed by atoms with Crippen LogP contribution in [-0.2, 0) is 21.3 Å². The summed E-state index contributed by atoms with van der Waals surface area (Å²) in [4.78, 5) is 0.169. The van der Waals surface area contributed by atoms with Crippen molar-refractivity contribution in [3.63, 3.8) is 0 Å². The fourth-order valence-electron chi connectivity index (χ4n) is 1.74. The molecule has 0 aliphatic rings. The Hall–Kier alpha value is -1.15. The van der Waals surface area contributed by atoms with Crippen LogP contribution in [0.25, 0.3) is 0 Å². The number of hydrogen-bond acceptors (Lipinski definition) is 5. The van der Waals surface area contributed by atoms with Gasteiger partial charge in [-0.05, 0) is 32.0 Å². The third-order valence-corrected chi connectivity index (χ3v) is 4.30. The molecule has 0 fully saturated rings. The molecule has 0 saturated heterocycles. The first-order valence-corrected chi connectivity index (χ1v) is 7.90.